The van der Waals surface area contributed by atoms with Crippen molar-refractivity contribution in [3.8, 4) is 5.69 Å². The summed E-state index contributed by atoms with van der Waals surface area (Å²) in [6.45, 7) is 6.08. The summed E-state index contributed by atoms with van der Waals surface area (Å²) in [7, 11) is 0. The molecule has 2 aromatic rings. The van der Waals surface area contributed by atoms with Crippen molar-refractivity contribution in [2.45, 2.75) is 33.6 Å². The Labute approximate surface area is 128 Å². The molecule has 1 heterocycles. The van der Waals surface area contributed by atoms with Gasteiger partial charge in [-0.3, -0.25) is 14.9 Å². The van der Waals surface area contributed by atoms with Crippen molar-refractivity contribution < 1.29 is 9.72 Å². The Morgan fingerprint density at radius 2 is 1.95 bits per heavy atom. The van der Waals surface area contributed by atoms with Crippen LogP contribution in [0.2, 0.25) is 0 Å². The van der Waals surface area contributed by atoms with E-state index in [9.17, 15) is 14.9 Å². The van der Waals surface area contributed by atoms with E-state index >= 15 is 0 Å². The zero-order chi connectivity index (χ0) is 16.1. The molecule has 0 N–H and O–H groups in total. The van der Waals surface area contributed by atoms with Crippen molar-refractivity contribution in [2.24, 2.45) is 5.41 Å². The fourth-order valence-corrected chi connectivity index (χ4v) is 3.26. The Morgan fingerprint density at radius 1 is 1.23 bits per heavy atom. The van der Waals surface area contributed by atoms with Crippen molar-refractivity contribution in [1.82, 2.24) is 4.57 Å². The van der Waals surface area contributed by atoms with Crippen LogP contribution in [0.5, 0.6) is 0 Å². The van der Waals surface area contributed by atoms with Crippen molar-refractivity contribution in [3.63, 3.8) is 0 Å². The molecule has 1 aliphatic carbocycles. The molecule has 22 heavy (non-hydrogen) atoms. The molecule has 0 saturated heterocycles. The lowest BCUT2D eigenvalue weighted by atomic mass is 9.76. The summed E-state index contributed by atoms with van der Waals surface area (Å²) in [4.78, 5) is 22.9. The van der Waals surface area contributed by atoms with E-state index in [1.54, 1.807) is 12.1 Å². The normalized spacial score (nSPS) is 16.4. The molecule has 0 atom stereocenters. The number of hydrogen-bond donors (Lipinski definition) is 0. The fourth-order valence-electron chi connectivity index (χ4n) is 3.26. The maximum atomic E-state index is 12.4. The molecular formula is C17H18N2O3. The summed E-state index contributed by atoms with van der Waals surface area (Å²) in [6, 6.07) is 8.44. The number of nitro groups is 1. The molecule has 0 unspecified atom stereocenters. The van der Waals surface area contributed by atoms with Crippen LogP contribution < -0.4 is 0 Å². The molecule has 1 aliphatic rings. The number of hydrogen-bond acceptors (Lipinski definition) is 3. The van der Waals surface area contributed by atoms with E-state index in [0.29, 0.717) is 6.42 Å². The first-order valence-corrected chi connectivity index (χ1v) is 7.28. The SMILES string of the molecule is Cc1cc2c(n1-c1cccc([N+](=O)[O-])c1)CC(C)(C)CC2=O. The van der Waals surface area contributed by atoms with Gasteiger partial charge in [-0.2, -0.15) is 0 Å². The first-order valence-electron chi connectivity index (χ1n) is 7.28. The lowest BCUT2D eigenvalue weighted by Crippen LogP contribution is -2.27. The van der Waals surface area contributed by atoms with Crippen LogP contribution in [0.4, 0.5) is 5.69 Å². The third-order valence-electron chi connectivity index (χ3n) is 4.17. The largest absolute Gasteiger partial charge is 0.317 e. The van der Waals surface area contributed by atoms with E-state index in [1.165, 1.54) is 6.07 Å². The summed E-state index contributed by atoms with van der Waals surface area (Å²) in [5.41, 5.74) is 3.34. The molecule has 5 heteroatoms. The molecule has 0 radical (unpaired) electrons. The van der Waals surface area contributed by atoms with Gasteiger partial charge in [0.05, 0.1) is 10.6 Å². The first-order chi connectivity index (χ1) is 10.3. The maximum absolute atomic E-state index is 12.4. The van der Waals surface area contributed by atoms with E-state index < -0.39 is 4.92 Å². The Kier molecular flexibility index (Phi) is 3.16. The highest BCUT2D eigenvalue weighted by Gasteiger charge is 2.34. The van der Waals surface area contributed by atoms with Gasteiger partial charge < -0.3 is 4.57 Å². The topological polar surface area (TPSA) is 65.1 Å². The summed E-state index contributed by atoms with van der Waals surface area (Å²) >= 11 is 0. The summed E-state index contributed by atoms with van der Waals surface area (Å²) < 4.78 is 1.97. The molecule has 0 saturated carbocycles. The third kappa shape index (κ3) is 2.32. The summed E-state index contributed by atoms with van der Waals surface area (Å²) in [5.74, 6) is 0.151. The molecule has 1 aromatic carbocycles. The summed E-state index contributed by atoms with van der Waals surface area (Å²) in [5, 5.41) is 11.0. The molecule has 114 valence electrons. The van der Waals surface area contributed by atoms with Crippen LogP contribution in [0.25, 0.3) is 5.69 Å². The van der Waals surface area contributed by atoms with Crippen LogP contribution in [0.3, 0.4) is 0 Å². The molecule has 5 nitrogen and oxygen atoms in total. The number of carbonyl (C=O) groups is 1. The second-order valence-electron chi connectivity index (χ2n) is 6.70. The first kappa shape index (κ1) is 14.5. The Bertz CT molecular complexity index is 787. The van der Waals surface area contributed by atoms with E-state index in [2.05, 4.69) is 13.8 Å². The number of rotatable bonds is 2. The number of non-ortho nitro benzene ring substituents is 1. The van der Waals surface area contributed by atoms with Gasteiger partial charge in [-0.1, -0.05) is 19.9 Å². The quantitative estimate of drug-likeness (QED) is 0.625. The smallest absolute Gasteiger partial charge is 0.271 e. The van der Waals surface area contributed by atoms with Crippen LogP contribution >= 0.6 is 0 Å². The van der Waals surface area contributed by atoms with Gasteiger partial charge in [0.1, 0.15) is 0 Å². The van der Waals surface area contributed by atoms with Gasteiger partial charge in [0.2, 0.25) is 0 Å². The van der Waals surface area contributed by atoms with Crippen molar-refractivity contribution in [1.29, 1.82) is 0 Å². The monoisotopic (exact) mass is 298 g/mol. The molecule has 0 amide bonds. The predicted molar refractivity (Wildman–Crippen MR) is 83.6 cm³/mol. The van der Waals surface area contributed by atoms with Crippen LogP contribution in [-0.4, -0.2) is 15.3 Å². The maximum Gasteiger partial charge on any atom is 0.271 e. The molecule has 3 rings (SSSR count). The Hall–Kier alpha value is -2.43. The number of fused-ring (bicyclic) bond motifs is 1. The molecule has 0 bridgehead atoms. The number of nitrogens with zero attached hydrogens (tertiary/aromatic N) is 2. The molecule has 1 aromatic heterocycles. The van der Waals surface area contributed by atoms with E-state index in [-0.39, 0.29) is 16.9 Å². The highest BCUT2D eigenvalue weighted by atomic mass is 16.6. The lowest BCUT2D eigenvalue weighted by molar-refractivity contribution is -0.384. The lowest BCUT2D eigenvalue weighted by Gasteiger charge is -2.29. The van der Waals surface area contributed by atoms with Gasteiger partial charge in [0.15, 0.2) is 5.78 Å². The molecule has 0 spiro atoms. The molecule has 0 fully saturated rings. The fraction of sp³-hybridized carbons (Fsp3) is 0.353. The number of ketones is 1. The Morgan fingerprint density at radius 3 is 2.64 bits per heavy atom. The van der Waals surface area contributed by atoms with Crippen molar-refractivity contribution in [2.75, 3.05) is 0 Å². The molecular weight excluding hydrogens is 280 g/mol. The number of aryl methyl sites for hydroxylation is 1. The number of carbonyl (C=O) groups excluding carboxylic acids is 1. The second kappa shape index (κ2) is 4.80. The van der Waals surface area contributed by atoms with Crippen molar-refractivity contribution in [3.05, 3.63) is 57.4 Å². The van der Waals surface area contributed by atoms with Gasteiger partial charge in [-0.25, -0.2) is 0 Å². The van der Waals surface area contributed by atoms with Crippen LogP contribution in [0, 0.1) is 22.5 Å². The van der Waals surface area contributed by atoms with Crippen LogP contribution in [-0.2, 0) is 6.42 Å². The number of aromatic nitrogens is 1. The zero-order valence-corrected chi connectivity index (χ0v) is 12.9. The average Bonchev–Trinajstić information content (AvgIpc) is 2.74. The number of benzene rings is 1. The van der Waals surface area contributed by atoms with Crippen LogP contribution in [0.15, 0.2) is 30.3 Å². The minimum Gasteiger partial charge on any atom is -0.317 e. The Balaban J connectivity index is 2.19. The van der Waals surface area contributed by atoms with E-state index in [1.807, 2.05) is 23.6 Å². The number of Topliss-reactive ketones (excluding diaryl/α,β-unsaturated/α-hetero) is 1. The van der Waals surface area contributed by atoms with E-state index in [0.717, 1.165) is 29.1 Å². The standard InChI is InChI=1S/C17H18N2O3/c1-11-7-14-15(9-17(2,3)10-16(14)20)18(11)12-5-4-6-13(8-12)19(21)22/h4-8H,9-10H2,1-3H3. The minimum atomic E-state index is -0.399. The van der Waals surface area contributed by atoms with Gasteiger partial charge in [-0.05, 0) is 30.9 Å². The van der Waals surface area contributed by atoms with E-state index in [4.69, 9.17) is 0 Å². The zero-order valence-electron chi connectivity index (χ0n) is 12.9. The van der Waals surface area contributed by atoms with Gasteiger partial charge in [0, 0.05) is 35.5 Å². The number of nitro benzene ring substituents is 1. The average molecular weight is 298 g/mol. The minimum absolute atomic E-state index is 0.0562. The predicted octanol–water partition coefficient (Wildman–Crippen LogP) is 3.85. The molecule has 0 aliphatic heterocycles. The third-order valence-corrected chi connectivity index (χ3v) is 4.17. The second-order valence-corrected chi connectivity index (χ2v) is 6.70. The van der Waals surface area contributed by atoms with Gasteiger partial charge >= 0.3 is 0 Å². The van der Waals surface area contributed by atoms with Gasteiger partial charge in [-0.15, -0.1) is 0 Å². The summed E-state index contributed by atoms with van der Waals surface area (Å²) in [6.07, 6.45) is 1.32. The van der Waals surface area contributed by atoms with Crippen molar-refractivity contribution >= 4 is 11.5 Å². The highest BCUT2D eigenvalue weighted by Crippen LogP contribution is 2.37. The van der Waals surface area contributed by atoms with Gasteiger partial charge in [0.25, 0.3) is 5.69 Å². The van der Waals surface area contributed by atoms with Crippen LogP contribution in [0.1, 0.15) is 42.0 Å². The highest BCUT2D eigenvalue weighted by molar-refractivity contribution is 5.99.